The fraction of sp³-hybridized carbons (Fsp3) is 0.476. The first kappa shape index (κ1) is 20.4. The van der Waals surface area contributed by atoms with Gasteiger partial charge in [-0.05, 0) is 31.7 Å². The number of anilines is 1. The first-order chi connectivity index (χ1) is 14.0. The van der Waals surface area contributed by atoms with Gasteiger partial charge in [0.05, 0.1) is 39.5 Å². The Morgan fingerprint density at radius 3 is 2.55 bits per heavy atom. The number of nitriles is 1. The molecule has 2 fully saturated rings. The average Bonchev–Trinajstić information content (AvgIpc) is 3.60. The summed E-state index contributed by atoms with van der Waals surface area (Å²) >= 11 is 12.7. The smallest absolute Gasteiger partial charge is 0.153 e. The van der Waals surface area contributed by atoms with Crippen molar-refractivity contribution in [2.75, 3.05) is 24.5 Å². The van der Waals surface area contributed by atoms with Crippen molar-refractivity contribution in [1.82, 2.24) is 9.97 Å². The summed E-state index contributed by atoms with van der Waals surface area (Å²) in [4.78, 5) is 11.9. The number of hydrogen-bond donors (Lipinski definition) is 2. The predicted octanol–water partition coefficient (Wildman–Crippen LogP) is 3.89. The highest BCUT2D eigenvalue weighted by Crippen LogP contribution is 2.46. The highest BCUT2D eigenvalue weighted by atomic mass is 35.5. The maximum absolute atomic E-state index is 10.0. The Hall–Kier alpha value is -1.91. The number of hydrogen-bond acceptors (Lipinski definition) is 6. The quantitative estimate of drug-likeness (QED) is 0.744. The number of rotatable bonds is 5. The summed E-state index contributed by atoms with van der Waals surface area (Å²) in [7, 11) is 0. The van der Waals surface area contributed by atoms with Gasteiger partial charge in [0.25, 0.3) is 0 Å². The summed E-state index contributed by atoms with van der Waals surface area (Å²) in [6.45, 7) is 1.45. The Bertz CT molecular complexity index is 962. The van der Waals surface area contributed by atoms with Crippen molar-refractivity contribution >= 4 is 29.0 Å². The van der Waals surface area contributed by atoms with Gasteiger partial charge in [0.15, 0.2) is 5.82 Å². The molecule has 29 heavy (non-hydrogen) atoms. The summed E-state index contributed by atoms with van der Waals surface area (Å²) in [5.41, 5.74) is 8.21. The van der Waals surface area contributed by atoms with E-state index in [0.717, 1.165) is 24.1 Å². The SMILES string of the molecule is N#CC1(CN)CCN(c2nc(C3CC3)c(-c3cccc(Cl)c3Cl)nc2CO)CC1. The van der Waals surface area contributed by atoms with E-state index in [2.05, 4.69) is 11.0 Å². The molecular formula is C21H23Cl2N5O. The number of benzene rings is 1. The molecule has 4 rings (SSSR count). The molecule has 2 heterocycles. The van der Waals surface area contributed by atoms with Gasteiger partial charge in [-0.2, -0.15) is 5.26 Å². The lowest BCUT2D eigenvalue weighted by Crippen LogP contribution is -2.44. The second-order valence-corrected chi connectivity index (χ2v) is 8.63. The first-order valence-corrected chi connectivity index (χ1v) is 10.6. The third-order valence-electron chi connectivity index (χ3n) is 5.94. The molecule has 1 saturated carbocycles. The van der Waals surface area contributed by atoms with Crippen LogP contribution >= 0.6 is 23.2 Å². The van der Waals surface area contributed by atoms with Crippen LogP contribution in [0, 0.1) is 16.7 Å². The maximum Gasteiger partial charge on any atom is 0.153 e. The van der Waals surface area contributed by atoms with E-state index in [1.165, 1.54) is 0 Å². The number of piperidine rings is 1. The Balaban J connectivity index is 1.75. The molecule has 1 aromatic carbocycles. The Labute approximate surface area is 180 Å². The topological polar surface area (TPSA) is 99.1 Å². The van der Waals surface area contributed by atoms with Gasteiger partial charge >= 0.3 is 0 Å². The van der Waals surface area contributed by atoms with E-state index < -0.39 is 5.41 Å². The van der Waals surface area contributed by atoms with E-state index in [4.69, 9.17) is 38.9 Å². The molecule has 6 nitrogen and oxygen atoms in total. The lowest BCUT2D eigenvalue weighted by molar-refractivity contribution is 0.274. The van der Waals surface area contributed by atoms with Crippen LogP contribution < -0.4 is 10.6 Å². The molecule has 0 amide bonds. The predicted molar refractivity (Wildman–Crippen MR) is 114 cm³/mol. The molecule has 0 spiro atoms. The zero-order valence-electron chi connectivity index (χ0n) is 16.0. The lowest BCUT2D eigenvalue weighted by atomic mass is 9.80. The zero-order valence-corrected chi connectivity index (χ0v) is 17.5. The molecule has 0 unspecified atom stereocenters. The van der Waals surface area contributed by atoms with Crippen LogP contribution in [0.5, 0.6) is 0 Å². The summed E-state index contributed by atoms with van der Waals surface area (Å²) in [5, 5.41) is 20.4. The number of aliphatic hydroxyl groups is 1. The summed E-state index contributed by atoms with van der Waals surface area (Å²) in [5.74, 6) is 1.03. The molecule has 2 aromatic rings. The van der Waals surface area contributed by atoms with Crippen molar-refractivity contribution in [2.45, 2.75) is 38.2 Å². The highest BCUT2D eigenvalue weighted by molar-refractivity contribution is 6.43. The van der Waals surface area contributed by atoms with Gasteiger partial charge in [0.1, 0.15) is 5.69 Å². The summed E-state index contributed by atoms with van der Waals surface area (Å²) < 4.78 is 0. The second-order valence-electron chi connectivity index (χ2n) is 7.84. The highest BCUT2D eigenvalue weighted by Gasteiger charge is 2.36. The average molecular weight is 432 g/mol. The minimum absolute atomic E-state index is 0.227. The largest absolute Gasteiger partial charge is 0.390 e. The molecule has 0 radical (unpaired) electrons. The number of halogens is 2. The van der Waals surface area contributed by atoms with Crippen molar-refractivity contribution in [2.24, 2.45) is 11.1 Å². The minimum atomic E-state index is -0.475. The van der Waals surface area contributed by atoms with Crippen LogP contribution in [0.4, 0.5) is 5.82 Å². The lowest BCUT2D eigenvalue weighted by Gasteiger charge is -2.37. The second kappa shape index (κ2) is 8.08. The standard InChI is InChI=1S/C21H23Cl2N5O/c22-15-3-1-2-14(17(15)23)19-18(13-4-5-13)27-20(16(10-29)26-19)28-8-6-21(11-24,12-25)7-9-28/h1-3,13,29H,4-11,24H2. The van der Waals surface area contributed by atoms with Crippen LogP contribution in [0.1, 0.15) is 43.0 Å². The molecule has 3 N–H and O–H groups in total. The van der Waals surface area contributed by atoms with Crippen LogP contribution in [-0.4, -0.2) is 34.7 Å². The fourth-order valence-electron chi connectivity index (χ4n) is 3.87. The molecule has 2 aliphatic rings. The van der Waals surface area contributed by atoms with Gasteiger partial charge in [-0.3, -0.25) is 0 Å². The first-order valence-electron chi connectivity index (χ1n) is 9.84. The van der Waals surface area contributed by atoms with Gasteiger partial charge in [0.2, 0.25) is 0 Å². The van der Waals surface area contributed by atoms with Crippen molar-refractivity contribution < 1.29 is 5.11 Å². The van der Waals surface area contributed by atoms with Crippen molar-refractivity contribution in [3.05, 3.63) is 39.6 Å². The minimum Gasteiger partial charge on any atom is -0.390 e. The maximum atomic E-state index is 10.0. The van der Waals surface area contributed by atoms with Crippen molar-refractivity contribution in [3.63, 3.8) is 0 Å². The molecule has 8 heteroatoms. The van der Waals surface area contributed by atoms with Crippen LogP contribution in [0.25, 0.3) is 11.3 Å². The fourth-order valence-corrected chi connectivity index (χ4v) is 4.26. The van der Waals surface area contributed by atoms with E-state index in [-0.39, 0.29) is 6.61 Å². The Kier molecular flexibility index (Phi) is 5.67. The Morgan fingerprint density at radius 2 is 1.97 bits per heavy atom. The molecule has 152 valence electrons. The number of aliphatic hydroxyl groups excluding tert-OH is 1. The van der Waals surface area contributed by atoms with Crippen molar-refractivity contribution in [1.29, 1.82) is 5.26 Å². The summed E-state index contributed by atoms with van der Waals surface area (Å²) in [6.07, 6.45) is 3.46. The number of aromatic nitrogens is 2. The van der Waals surface area contributed by atoms with Gasteiger partial charge < -0.3 is 15.7 Å². The molecule has 1 saturated heterocycles. The van der Waals surface area contributed by atoms with Crippen LogP contribution in [0.15, 0.2) is 18.2 Å². The monoisotopic (exact) mass is 431 g/mol. The van der Waals surface area contributed by atoms with E-state index >= 15 is 0 Å². The van der Waals surface area contributed by atoms with Crippen LogP contribution in [-0.2, 0) is 6.61 Å². The number of nitrogens with two attached hydrogens (primary N) is 1. The summed E-state index contributed by atoms with van der Waals surface area (Å²) in [6, 6.07) is 7.85. The molecule has 1 aromatic heterocycles. The van der Waals surface area contributed by atoms with Gasteiger partial charge in [-0.25, -0.2) is 9.97 Å². The molecular weight excluding hydrogens is 409 g/mol. The molecule has 0 atom stereocenters. The van der Waals surface area contributed by atoms with E-state index in [1.54, 1.807) is 6.07 Å². The molecule has 0 bridgehead atoms. The molecule has 1 aliphatic heterocycles. The third-order valence-corrected chi connectivity index (χ3v) is 6.76. The number of nitrogens with zero attached hydrogens (tertiary/aromatic N) is 4. The zero-order chi connectivity index (χ0) is 20.6. The normalized spacial score (nSPS) is 18.5. The van der Waals surface area contributed by atoms with E-state index in [0.29, 0.717) is 65.6 Å². The third kappa shape index (κ3) is 3.80. The van der Waals surface area contributed by atoms with Gasteiger partial charge in [0, 0.05) is 31.1 Å². The van der Waals surface area contributed by atoms with Crippen molar-refractivity contribution in [3.8, 4) is 17.3 Å². The van der Waals surface area contributed by atoms with Crippen LogP contribution in [0.3, 0.4) is 0 Å². The molecule has 1 aliphatic carbocycles. The van der Waals surface area contributed by atoms with Crippen LogP contribution in [0.2, 0.25) is 10.0 Å². The van der Waals surface area contributed by atoms with E-state index in [1.807, 2.05) is 12.1 Å². The van der Waals surface area contributed by atoms with E-state index in [9.17, 15) is 10.4 Å². The van der Waals surface area contributed by atoms with Gasteiger partial charge in [-0.1, -0.05) is 35.3 Å². The Morgan fingerprint density at radius 1 is 1.24 bits per heavy atom. The van der Waals surface area contributed by atoms with Gasteiger partial charge in [-0.15, -0.1) is 0 Å².